The summed E-state index contributed by atoms with van der Waals surface area (Å²) in [6.07, 6.45) is 0. The summed E-state index contributed by atoms with van der Waals surface area (Å²) in [5.74, 6) is -0.658. The Kier molecular flexibility index (Phi) is 3.71. The van der Waals surface area contributed by atoms with Crippen LogP contribution in [0.1, 0.15) is 0 Å². The summed E-state index contributed by atoms with van der Waals surface area (Å²) in [7, 11) is 0. The summed E-state index contributed by atoms with van der Waals surface area (Å²) in [5.41, 5.74) is 5.10. The summed E-state index contributed by atoms with van der Waals surface area (Å²) >= 11 is 3.79. The number of aliphatic carboxylic acids is 1. The summed E-state index contributed by atoms with van der Waals surface area (Å²) in [5, 5.41) is 10.9. The Hall–Kier alpha value is -0.840. The van der Waals surface area contributed by atoms with Gasteiger partial charge in [0.15, 0.2) is 0 Å². The van der Waals surface area contributed by atoms with Gasteiger partial charge in [-0.3, -0.25) is 0 Å². The van der Waals surface area contributed by atoms with Gasteiger partial charge in [-0.1, -0.05) is 6.58 Å². The van der Waals surface area contributed by atoms with Gasteiger partial charge in [0.1, 0.15) is 6.04 Å². The quantitative estimate of drug-likeness (QED) is 0.416. The molecular formula is C5H10N2O2S. The standard InChI is InChI=1S/C5H10N2O2S/c1-3(6)7-4(2-10)5(8)9/h4,7,10H,1-2,6H2,(H,8,9)/t4-/m1/s1. The molecule has 0 saturated heterocycles. The third kappa shape index (κ3) is 3.24. The minimum Gasteiger partial charge on any atom is -0.480 e. The number of carboxylic acid groups (broad SMARTS) is 1. The fourth-order valence-electron chi connectivity index (χ4n) is 0.409. The van der Waals surface area contributed by atoms with E-state index in [1.807, 2.05) is 0 Å². The molecule has 1 atom stereocenters. The third-order valence-corrected chi connectivity index (χ3v) is 1.21. The van der Waals surface area contributed by atoms with Gasteiger partial charge in [-0.15, -0.1) is 0 Å². The molecule has 0 amide bonds. The lowest BCUT2D eigenvalue weighted by atomic mass is 10.3. The molecule has 0 bridgehead atoms. The van der Waals surface area contributed by atoms with Gasteiger partial charge < -0.3 is 16.2 Å². The lowest BCUT2D eigenvalue weighted by Crippen LogP contribution is -2.39. The first-order chi connectivity index (χ1) is 4.57. The van der Waals surface area contributed by atoms with Crippen LogP contribution in [0.2, 0.25) is 0 Å². The normalized spacial score (nSPS) is 12.1. The van der Waals surface area contributed by atoms with E-state index in [4.69, 9.17) is 10.8 Å². The topological polar surface area (TPSA) is 75.3 Å². The Bertz CT molecular complexity index is 149. The van der Waals surface area contributed by atoms with Gasteiger partial charge in [0.2, 0.25) is 0 Å². The van der Waals surface area contributed by atoms with Crippen molar-refractivity contribution in [1.82, 2.24) is 5.32 Å². The zero-order valence-corrected chi connectivity index (χ0v) is 6.27. The Labute approximate surface area is 64.5 Å². The van der Waals surface area contributed by atoms with Crippen molar-refractivity contribution in [2.75, 3.05) is 5.75 Å². The van der Waals surface area contributed by atoms with E-state index >= 15 is 0 Å². The van der Waals surface area contributed by atoms with Crippen LogP contribution in [0.4, 0.5) is 0 Å². The summed E-state index contributed by atoms with van der Waals surface area (Å²) in [6.45, 7) is 3.29. The van der Waals surface area contributed by atoms with Crippen molar-refractivity contribution in [3.63, 3.8) is 0 Å². The molecule has 0 aliphatic heterocycles. The predicted octanol–water partition coefficient (Wildman–Crippen LogP) is -0.611. The predicted molar refractivity (Wildman–Crippen MR) is 41.7 cm³/mol. The number of thiol groups is 1. The minimum absolute atomic E-state index is 0.140. The molecule has 0 aliphatic carbocycles. The molecule has 0 saturated carbocycles. The summed E-state index contributed by atoms with van der Waals surface area (Å²) < 4.78 is 0. The fraction of sp³-hybridized carbons (Fsp3) is 0.400. The van der Waals surface area contributed by atoms with Crippen molar-refractivity contribution in [2.24, 2.45) is 5.73 Å². The van der Waals surface area contributed by atoms with Crippen LogP contribution in [0, 0.1) is 0 Å². The maximum absolute atomic E-state index is 10.3. The number of nitrogens with one attached hydrogen (secondary N) is 1. The van der Waals surface area contributed by atoms with Crippen LogP contribution in [-0.2, 0) is 4.79 Å². The van der Waals surface area contributed by atoms with Crippen LogP contribution in [0.5, 0.6) is 0 Å². The van der Waals surface area contributed by atoms with Crippen molar-refractivity contribution in [3.05, 3.63) is 12.4 Å². The molecule has 5 heteroatoms. The molecule has 0 heterocycles. The van der Waals surface area contributed by atoms with Gasteiger partial charge in [-0.2, -0.15) is 12.6 Å². The zero-order chi connectivity index (χ0) is 8.15. The Morgan fingerprint density at radius 2 is 2.40 bits per heavy atom. The molecule has 4 nitrogen and oxygen atoms in total. The molecule has 0 aromatic heterocycles. The van der Waals surface area contributed by atoms with Crippen LogP contribution >= 0.6 is 12.6 Å². The third-order valence-electron chi connectivity index (χ3n) is 0.840. The van der Waals surface area contributed by atoms with E-state index in [1.54, 1.807) is 0 Å². The highest BCUT2D eigenvalue weighted by molar-refractivity contribution is 7.80. The van der Waals surface area contributed by atoms with E-state index in [1.165, 1.54) is 0 Å². The molecule has 0 radical (unpaired) electrons. The van der Waals surface area contributed by atoms with Crippen LogP contribution < -0.4 is 11.1 Å². The van der Waals surface area contributed by atoms with Crippen LogP contribution in [0.25, 0.3) is 0 Å². The molecule has 10 heavy (non-hydrogen) atoms. The molecule has 0 aromatic carbocycles. The molecule has 0 unspecified atom stereocenters. The van der Waals surface area contributed by atoms with Crippen LogP contribution in [0.15, 0.2) is 12.4 Å². The maximum atomic E-state index is 10.3. The highest BCUT2D eigenvalue weighted by atomic mass is 32.1. The van der Waals surface area contributed by atoms with Gasteiger partial charge in [-0.25, -0.2) is 4.79 Å². The molecule has 0 spiro atoms. The zero-order valence-electron chi connectivity index (χ0n) is 5.37. The number of hydrogen-bond acceptors (Lipinski definition) is 4. The van der Waals surface area contributed by atoms with E-state index in [0.29, 0.717) is 0 Å². The van der Waals surface area contributed by atoms with Gasteiger partial charge in [0, 0.05) is 5.75 Å². The largest absolute Gasteiger partial charge is 0.480 e. The van der Waals surface area contributed by atoms with Gasteiger partial charge in [0.05, 0.1) is 5.82 Å². The number of carbonyl (C=O) groups is 1. The molecule has 0 aliphatic rings. The first-order valence-corrected chi connectivity index (χ1v) is 3.25. The lowest BCUT2D eigenvalue weighted by molar-refractivity contribution is -0.138. The van der Waals surface area contributed by atoms with Crippen molar-refractivity contribution < 1.29 is 9.90 Å². The van der Waals surface area contributed by atoms with E-state index in [9.17, 15) is 4.79 Å². The van der Waals surface area contributed by atoms with Crippen molar-refractivity contribution in [3.8, 4) is 0 Å². The maximum Gasteiger partial charge on any atom is 0.327 e. The van der Waals surface area contributed by atoms with E-state index in [-0.39, 0.29) is 11.6 Å². The second kappa shape index (κ2) is 4.05. The number of rotatable bonds is 4. The first-order valence-electron chi connectivity index (χ1n) is 2.62. The SMILES string of the molecule is C=C(N)N[C@H](CS)C(=O)O. The molecule has 4 N–H and O–H groups in total. The van der Waals surface area contributed by atoms with Crippen LogP contribution in [-0.4, -0.2) is 22.9 Å². The minimum atomic E-state index is -0.985. The second-order valence-electron chi connectivity index (χ2n) is 1.74. The Morgan fingerprint density at radius 1 is 1.90 bits per heavy atom. The van der Waals surface area contributed by atoms with Crippen molar-refractivity contribution >= 4 is 18.6 Å². The summed E-state index contributed by atoms with van der Waals surface area (Å²) in [4.78, 5) is 10.3. The molecule has 0 fully saturated rings. The number of hydrogen-bond donors (Lipinski definition) is 4. The Morgan fingerprint density at radius 3 is 2.50 bits per heavy atom. The van der Waals surface area contributed by atoms with E-state index in [0.717, 1.165) is 0 Å². The molecule has 0 rings (SSSR count). The fourth-order valence-corrected chi connectivity index (χ4v) is 0.657. The first kappa shape index (κ1) is 9.16. The van der Waals surface area contributed by atoms with E-state index in [2.05, 4.69) is 24.5 Å². The molecule has 0 aromatic rings. The molecule has 58 valence electrons. The lowest BCUT2D eigenvalue weighted by Gasteiger charge is -2.11. The van der Waals surface area contributed by atoms with Crippen molar-refractivity contribution in [1.29, 1.82) is 0 Å². The number of nitrogens with two attached hydrogens (primary N) is 1. The second-order valence-corrected chi connectivity index (χ2v) is 2.11. The summed E-state index contributed by atoms with van der Waals surface area (Å²) in [6, 6.07) is -0.749. The average Bonchev–Trinajstić information content (AvgIpc) is 1.81. The van der Waals surface area contributed by atoms with Gasteiger partial charge in [-0.05, 0) is 0 Å². The highest BCUT2D eigenvalue weighted by Crippen LogP contribution is 1.88. The highest BCUT2D eigenvalue weighted by Gasteiger charge is 2.13. The van der Waals surface area contributed by atoms with Gasteiger partial charge in [0.25, 0.3) is 0 Å². The monoisotopic (exact) mass is 162 g/mol. The van der Waals surface area contributed by atoms with Gasteiger partial charge >= 0.3 is 5.97 Å². The van der Waals surface area contributed by atoms with Crippen LogP contribution in [0.3, 0.4) is 0 Å². The van der Waals surface area contributed by atoms with E-state index < -0.39 is 12.0 Å². The molecular weight excluding hydrogens is 152 g/mol. The van der Waals surface area contributed by atoms with Crippen molar-refractivity contribution in [2.45, 2.75) is 6.04 Å². The smallest absolute Gasteiger partial charge is 0.327 e. The average molecular weight is 162 g/mol. The Balaban J connectivity index is 3.83. The number of carboxylic acids is 1.